The summed E-state index contributed by atoms with van der Waals surface area (Å²) in [6.45, 7) is 6.20. The van der Waals surface area contributed by atoms with E-state index in [4.69, 9.17) is 0 Å². The van der Waals surface area contributed by atoms with Gasteiger partial charge < -0.3 is 10.2 Å². The van der Waals surface area contributed by atoms with Gasteiger partial charge in [0.05, 0.1) is 0 Å². The normalized spacial score (nSPS) is 22.9. The summed E-state index contributed by atoms with van der Waals surface area (Å²) in [6.07, 6.45) is 5.04. The molecule has 1 N–H and O–H groups in total. The van der Waals surface area contributed by atoms with Crippen molar-refractivity contribution in [1.82, 2.24) is 15.2 Å². The molecule has 1 aromatic heterocycles. The molecular weight excluding hydrogens is 254 g/mol. The third kappa shape index (κ3) is 2.81. The van der Waals surface area contributed by atoms with E-state index in [2.05, 4.69) is 10.3 Å². The van der Waals surface area contributed by atoms with Crippen molar-refractivity contribution >= 4 is 11.8 Å². The van der Waals surface area contributed by atoms with E-state index in [1.807, 2.05) is 19.9 Å². The van der Waals surface area contributed by atoms with Gasteiger partial charge in [-0.25, -0.2) is 0 Å². The van der Waals surface area contributed by atoms with E-state index in [1.54, 1.807) is 24.2 Å². The zero-order valence-corrected chi connectivity index (χ0v) is 12.2. The van der Waals surface area contributed by atoms with E-state index in [-0.39, 0.29) is 17.9 Å². The molecule has 1 aliphatic heterocycles. The molecule has 2 rings (SSSR count). The highest BCUT2D eigenvalue weighted by Crippen LogP contribution is 2.18. The highest BCUT2D eigenvalue weighted by atomic mass is 16.2. The fourth-order valence-electron chi connectivity index (χ4n) is 2.43. The molecule has 2 atom stereocenters. The van der Waals surface area contributed by atoms with E-state index < -0.39 is 6.04 Å². The molecule has 0 aromatic carbocycles. The predicted octanol–water partition coefficient (Wildman–Crippen LogP) is 1.41. The van der Waals surface area contributed by atoms with Crippen molar-refractivity contribution in [1.29, 1.82) is 0 Å². The minimum atomic E-state index is -0.435. The molecule has 0 saturated carbocycles. The van der Waals surface area contributed by atoms with Gasteiger partial charge in [-0.1, -0.05) is 13.3 Å². The van der Waals surface area contributed by atoms with Crippen molar-refractivity contribution in [3.05, 3.63) is 29.6 Å². The number of aryl methyl sites for hydroxylation is 1. The van der Waals surface area contributed by atoms with Gasteiger partial charge in [0.25, 0.3) is 0 Å². The van der Waals surface area contributed by atoms with Crippen LogP contribution in [0, 0.1) is 6.92 Å². The number of carbonyl (C=O) groups excluding carboxylic acids is 2. The van der Waals surface area contributed by atoms with E-state index in [0.29, 0.717) is 13.0 Å². The molecular formula is C15H21N3O2. The summed E-state index contributed by atoms with van der Waals surface area (Å²) in [5.74, 6) is -0.0770. The first-order chi connectivity index (χ1) is 9.54. The molecule has 2 heterocycles. The lowest BCUT2D eigenvalue weighted by Crippen LogP contribution is -2.61. The average molecular weight is 275 g/mol. The summed E-state index contributed by atoms with van der Waals surface area (Å²) in [6, 6.07) is 1.09. The summed E-state index contributed by atoms with van der Waals surface area (Å²) in [5.41, 5.74) is 2.07. The van der Waals surface area contributed by atoms with Crippen LogP contribution in [-0.2, 0) is 16.1 Å². The lowest BCUT2D eigenvalue weighted by molar-refractivity contribution is -0.149. The summed E-state index contributed by atoms with van der Waals surface area (Å²) in [4.78, 5) is 30.2. The number of hydrogen-bond donors (Lipinski definition) is 1. The quantitative estimate of drug-likeness (QED) is 0.903. The Labute approximate surface area is 119 Å². The highest BCUT2D eigenvalue weighted by Gasteiger charge is 2.37. The third-order valence-electron chi connectivity index (χ3n) is 3.81. The number of rotatable bonds is 4. The van der Waals surface area contributed by atoms with E-state index in [9.17, 15) is 9.59 Å². The first-order valence-electron chi connectivity index (χ1n) is 7.05. The van der Waals surface area contributed by atoms with Gasteiger partial charge >= 0.3 is 0 Å². The maximum absolute atomic E-state index is 12.5. The number of carbonyl (C=O) groups is 2. The fraction of sp³-hybridized carbons (Fsp3) is 0.533. The molecule has 0 spiro atoms. The highest BCUT2D eigenvalue weighted by molar-refractivity contribution is 5.96. The lowest BCUT2D eigenvalue weighted by Gasteiger charge is -2.37. The Morgan fingerprint density at radius 2 is 2.15 bits per heavy atom. The Hall–Kier alpha value is -1.91. The van der Waals surface area contributed by atoms with Crippen molar-refractivity contribution in [2.45, 2.75) is 52.2 Å². The number of piperazine rings is 1. The molecule has 2 amide bonds. The molecule has 0 aliphatic carbocycles. The molecule has 0 radical (unpaired) electrons. The Morgan fingerprint density at radius 1 is 1.40 bits per heavy atom. The molecule has 1 fully saturated rings. The summed E-state index contributed by atoms with van der Waals surface area (Å²) in [7, 11) is 0. The molecule has 5 heteroatoms. The van der Waals surface area contributed by atoms with Gasteiger partial charge in [0.2, 0.25) is 11.8 Å². The van der Waals surface area contributed by atoms with Crippen LogP contribution in [0.1, 0.15) is 37.8 Å². The topological polar surface area (TPSA) is 62.3 Å². The van der Waals surface area contributed by atoms with E-state index in [1.165, 1.54) is 0 Å². The number of aromatic nitrogens is 1. The van der Waals surface area contributed by atoms with Crippen LogP contribution in [0.25, 0.3) is 0 Å². The first kappa shape index (κ1) is 14.5. The largest absolute Gasteiger partial charge is 0.343 e. The van der Waals surface area contributed by atoms with Crippen LogP contribution in [0.4, 0.5) is 0 Å². The van der Waals surface area contributed by atoms with Crippen LogP contribution < -0.4 is 5.32 Å². The monoisotopic (exact) mass is 275 g/mol. The van der Waals surface area contributed by atoms with Gasteiger partial charge in [-0.2, -0.15) is 0 Å². The maximum atomic E-state index is 12.5. The number of pyridine rings is 1. The van der Waals surface area contributed by atoms with Crippen molar-refractivity contribution < 1.29 is 9.59 Å². The van der Waals surface area contributed by atoms with E-state index >= 15 is 0 Å². The summed E-state index contributed by atoms with van der Waals surface area (Å²) >= 11 is 0. The van der Waals surface area contributed by atoms with Gasteiger partial charge in [0.1, 0.15) is 12.1 Å². The van der Waals surface area contributed by atoms with E-state index in [0.717, 1.165) is 17.5 Å². The van der Waals surface area contributed by atoms with Gasteiger partial charge in [-0.15, -0.1) is 0 Å². The number of amides is 2. The molecule has 1 saturated heterocycles. The molecule has 1 aromatic rings. The molecule has 1 aliphatic rings. The number of nitrogens with one attached hydrogen (secondary N) is 1. The van der Waals surface area contributed by atoms with Crippen LogP contribution >= 0.6 is 0 Å². The molecule has 0 bridgehead atoms. The van der Waals surface area contributed by atoms with Crippen molar-refractivity contribution in [2.24, 2.45) is 0 Å². The van der Waals surface area contributed by atoms with Crippen LogP contribution in [0.15, 0.2) is 18.5 Å². The summed E-state index contributed by atoms with van der Waals surface area (Å²) < 4.78 is 0. The van der Waals surface area contributed by atoms with Gasteiger partial charge in [0.15, 0.2) is 0 Å². The van der Waals surface area contributed by atoms with Crippen molar-refractivity contribution in [3.63, 3.8) is 0 Å². The van der Waals surface area contributed by atoms with Gasteiger partial charge in [-0.3, -0.25) is 14.6 Å². The second-order valence-electron chi connectivity index (χ2n) is 5.29. The van der Waals surface area contributed by atoms with Gasteiger partial charge in [-0.05, 0) is 37.5 Å². The molecule has 20 heavy (non-hydrogen) atoms. The van der Waals surface area contributed by atoms with Crippen LogP contribution in [-0.4, -0.2) is 33.8 Å². The fourth-order valence-corrected chi connectivity index (χ4v) is 2.43. The Balaban J connectivity index is 2.21. The Morgan fingerprint density at radius 3 is 2.80 bits per heavy atom. The van der Waals surface area contributed by atoms with Crippen molar-refractivity contribution in [3.8, 4) is 0 Å². The second-order valence-corrected chi connectivity index (χ2v) is 5.29. The third-order valence-corrected chi connectivity index (χ3v) is 3.81. The van der Waals surface area contributed by atoms with Crippen LogP contribution in [0.3, 0.4) is 0 Å². The maximum Gasteiger partial charge on any atom is 0.246 e. The van der Waals surface area contributed by atoms with Gasteiger partial charge in [0, 0.05) is 18.9 Å². The van der Waals surface area contributed by atoms with Crippen LogP contribution in [0.5, 0.6) is 0 Å². The molecule has 108 valence electrons. The summed E-state index contributed by atoms with van der Waals surface area (Å²) in [5, 5.41) is 2.80. The SMILES string of the molecule is CCCC1NC(=O)C(C)N(Cc2cnccc2C)C1=O. The zero-order chi connectivity index (χ0) is 14.7. The molecule has 2 unspecified atom stereocenters. The standard InChI is InChI=1S/C15H21N3O2/c1-4-5-13-15(20)18(11(3)14(19)17-13)9-12-8-16-7-6-10(12)2/h6-8,11,13H,4-5,9H2,1-3H3,(H,17,19). The van der Waals surface area contributed by atoms with Crippen molar-refractivity contribution in [2.75, 3.05) is 0 Å². The predicted molar refractivity (Wildman–Crippen MR) is 75.8 cm³/mol. The minimum absolute atomic E-state index is 0.00204. The Bertz CT molecular complexity index is 516. The number of nitrogens with zero attached hydrogens (tertiary/aromatic N) is 2. The second kappa shape index (κ2) is 6.03. The van der Waals surface area contributed by atoms with Crippen LogP contribution in [0.2, 0.25) is 0 Å². The average Bonchev–Trinajstić information content (AvgIpc) is 2.43. The number of hydrogen-bond acceptors (Lipinski definition) is 3. The lowest BCUT2D eigenvalue weighted by atomic mass is 10.0. The molecule has 5 nitrogen and oxygen atoms in total. The Kier molecular flexibility index (Phi) is 4.37. The zero-order valence-electron chi connectivity index (χ0n) is 12.2. The minimum Gasteiger partial charge on any atom is -0.343 e. The smallest absolute Gasteiger partial charge is 0.246 e. The first-order valence-corrected chi connectivity index (χ1v) is 7.05.